The molecule has 16 heavy (non-hydrogen) atoms. The van der Waals surface area contributed by atoms with Crippen LogP contribution in [0.5, 0.6) is 0 Å². The smallest absolute Gasteiger partial charge is 0.261 e. The van der Waals surface area contributed by atoms with Crippen molar-refractivity contribution in [3.63, 3.8) is 0 Å². The Bertz CT molecular complexity index is 315. The maximum Gasteiger partial charge on any atom is 0.261 e. The highest BCUT2D eigenvalue weighted by atomic mass is 32.2. The van der Waals surface area contributed by atoms with E-state index in [1.807, 2.05) is 6.26 Å². The number of hydrogen-bond acceptors (Lipinski definition) is 5. The van der Waals surface area contributed by atoms with Gasteiger partial charge >= 0.3 is 0 Å². The molecular formula is C9H13F2N3OS. The zero-order valence-corrected chi connectivity index (χ0v) is 9.64. The molecule has 0 bridgehead atoms. The molecule has 0 fully saturated rings. The summed E-state index contributed by atoms with van der Waals surface area (Å²) in [5, 5.41) is 3.81. The molecular weight excluding hydrogens is 236 g/mol. The summed E-state index contributed by atoms with van der Waals surface area (Å²) in [6.45, 7) is 0.141. The fourth-order valence-electron chi connectivity index (χ4n) is 0.971. The SMILES string of the molecule is CSc1cc(NCCOCC(F)F)ncn1. The van der Waals surface area contributed by atoms with E-state index in [2.05, 4.69) is 15.3 Å². The van der Waals surface area contributed by atoms with Crippen LogP contribution in [0.25, 0.3) is 0 Å². The maximum atomic E-state index is 11.7. The molecule has 0 aliphatic carbocycles. The molecule has 1 N–H and O–H groups in total. The van der Waals surface area contributed by atoms with Crippen LogP contribution in [0.15, 0.2) is 17.4 Å². The summed E-state index contributed by atoms with van der Waals surface area (Å²) in [5.41, 5.74) is 0. The normalized spacial score (nSPS) is 10.8. The molecule has 0 spiro atoms. The first-order valence-corrected chi connectivity index (χ1v) is 5.90. The quantitative estimate of drug-likeness (QED) is 0.454. The van der Waals surface area contributed by atoms with E-state index >= 15 is 0 Å². The van der Waals surface area contributed by atoms with Gasteiger partial charge < -0.3 is 10.1 Å². The summed E-state index contributed by atoms with van der Waals surface area (Å²) < 4.78 is 28.1. The van der Waals surface area contributed by atoms with Crippen molar-refractivity contribution in [3.8, 4) is 0 Å². The number of aromatic nitrogens is 2. The molecule has 0 aliphatic heterocycles. The van der Waals surface area contributed by atoms with Gasteiger partial charge in [-0.1, -0.05) is 0 Å². The van der Waals surface area contributed by atoms with Crippen LogP contribution in [0.3, 0.4) is 0 Å². The predicted octanol–water partition coefficient (Wildman–Crippen LogP) is 1.89. The Morgan fingerprint density at radius 2 is 2.31 bits per heavy atom. The number of nitrogens with one attached hydrogen (secondary N) is 1. The van der Waals surface area contributed by atoms with E-state index in [1.165, 1.54) is 18.1 Å². The number of hydrogen-bond donors (Lipinski definition) is 1. The van der Waals surface area contributed by atoms with Gasteiger partial charge in [-0.25, -0.2) is 18.7 Å². The first-order chi connectivity index (χ1) is 7.72. The molecule has 1 heterocycles. The Morgan fingerprint density at radius 1 is 1.50 bits per heavy atom. The average Bonchev–Trinajstić information content (AvgIpc) is 2.28. The Kier molecular flexibility index (Phi) is 6.02. The molecule has 0 saturated carbocycles. The van der Waals surface area contributed by atoms with Crippen molar-refractivity contribution < 1.29 is 13.5 Å². The first-order valence-electron chi connectivity index (χ1n) is 4.68. The average molecular weight is 249 g/mol. The van der Waals surface area contributed by atoms with E-state index in [0.717, 1.165) is 5.03 Å². The number of thioether (sulfide) groups is 1. The zero-order valence-electron chi connectivity index (χ0n) is 8.82. The molecule has 0 saturated heterocycles. The summed E-state index contributed by atoms with van der Waals surface area (Å²) in [6, 6.07) is 1.79. The van der Waals surface area contributed by atoms with Crippen molar-refractivity contribution in [3.05, 3.63) is 12.4 Å². The van der Waals surface area contributed by atoms with Gasteiger partial charge in [0.15, 0.2) is 0 Å². The molecule has 0 unspecified atom stereocenters. The lowest BCUT2D eigenvalue weighted by atomic mass is 10.5. The van der Waals surface area contributed by atoms with Gasteiger partial charge in [0.2, 0.25) is 0 Å². The second-order valence-corrected chi connectivity index (χ2v) is 3.66. The van der Waals surface area contributed by atoms with E-state index in [-0.39, 0.29) is 6.61 Å². The highest BCUT2D eigenvalue weighted by molar-refractivity contribution is 7.98. The molecule has 0 amide bonds. The zero-order chi connectivity index (χ0) is 11.8. The minimum atomic E-state index is -2.41. The highest BCUT2D eigenvalue weighted by Crippen LogP contribution is 2.13. The third-order valence-electron chi connectivity index (χ3n) is 1.65. The number of ether oxygens (including phenoxy) is 1. The van der Waals surface area contributed by atoms with Gasteiger partial charge in [0.05, 0.1) is 6.61 Å². The molecule has 1 aromatic heterocycles. The van der Waals surface area contributed by atoms with Gasteiger partial charge in [-0.2, -0.15) is 0 Å². The molecule has 90 valence electrons. The molecule has 0 aliphatic rings. The number of anilines is 1. The topological polar surface area (TPSA) is 47.0 Å². The van der Waals surface area contributed by atoms with E-state index in [4.69, 9.17) is 4.74 Å². The number of nitrogens with zero attached hydrogens (tertiary/aromatic N) is 2. The Morgan fingerprint density at radius 3 is 3.00 bits per heavy atom. The Labute approximate surface area is 96.8 Å². The fraction of sp³-hybridized carbons (Fsp3) is 0.556. The second-order valence-electron chi connectivity index (χ2n) is 2.84. The van der Waals surface area contributed by atoms with Gasteiger partial charge in [0.1, 0.15) is 23.8 Å². The molecule has 0 atom stereocenters. The van der Waals surface area contributed by atoms with E-state index in [0.29, 0.717) is 12.4 Å². The lowest BCUT2D eigenvalue weighted by Crippen LogP contribution is -2.13. The van der Waals surface area contributed by atoms with Crippen LogP contribution in [0.2, 0.25) is 0 Å². The summed E-state index contributed by atoms with van der Waals surface area (Å²) in [5.74, 6) is 0.667. The van der Waals surface area contributed by atoms with Crippen molar-refractivity contribution in [1.29, 1.82) is 0 Å². The minimum Gasteiger partial charge on any atom is -0.374 e. The van der Waals surface area contributed by atoms with Gasteiger partial charge in [0.25, 0.3) is 6.43 Å². The van der Waals surface area contributed by atoms with Crippen molar-refractivity contribution in [2.24, 2.45) is 0 Å². The van der Waals surface area contributed by atoms with Gasteiger partial charge in [-0.15, -0.1) is 11.8 Å². The summed E-state index contributed by atoms with van der Waals surface area (Å²) in [6.07, 6.45) is 0.952. The molecule has 0 radical (unpaired) electrons. The van der Waals surface area contributed by atoms with Crippen molar-refractivity contribution in [2.45, 2.75) is 11.5 Å². The molecule has 1 rings (SSSR count). The van der Waals surface area contributed by atoms with Gasteiger partial charge in [-0.3, -0.25) is 0 Å². The van der Waals surface area contributed by atoms with Crippen molar-refractivity contribution >= 4 is 17.6 Å². The third kappa shape index (κ3) is 5.22. The van der Waals surface area contributed by atoms with Gasteiger partial charge in [0, 0.05) is 12.6 Å². The lowest BCUT2D eigenvalue weighted by Gasteiger charge is -2.06. The maximum absolute atomic E-state index is 11.7. The Balaban J connectivity index is 2.21. The fourth-order valence-corrected chi connectivity index (χ4v) is 1.35. The van der Waals surface area contributed by atoms with Crippen LogP contribution < -0.4 is 5.32 Å². The standard InChI is InChI=1S/C9H13F2N3OS/c1-16-9-4-8(13-6-14-9)12-2-3-15-5-7(10)11/h4,6-7H,2-3,5H2,1H3,(H,12,13,14). The number of alkyl halides is 2. The van der Waals surface area contributed by atoms with Crippen LogP contribution in [0.1, 0.15) is 0 Å². The number of halogens is 2. The van der Waals surface area contributed by atoms with E-state index < -0.39 is 13.0 Å². The Hall–Kier alpha value is -0.950. The summed E-state index contributed by atoms with van der Waals surface area (Å²) >= 11 is 1.51. The van der Waals surface area contributed by atoms with Crippen LogP contribution in [0.4, 0.5) is 14.6 Å². The van der Waals surface area contributed by atoms with Crippen molar-refractivity contribution in [2.75, 3.05) is 31.3 Å². The highest BCUT2D eigenvalue weighted by Gasteiger charge is 2.01. The van der Waals surface area contributed by atoms with Crippen LogP contribution in [-0.4, -0.2) is 42.4 Å². The minimum absolute atomic E-state index is 0.225. The molecule has 4 nitrogen and oxygen atoms in total. The third-order valence-corrected chi connectivity index (χ3v) is 2.29. The van der Waals surface area contributed by atoms with Crippen LogP contribution in [0, 0.1) is 0 Å². The largest absolute Gasteiger partial charge is 0.374 e. The molecule has 1 aromatic rings. The molecule has 7 heteroatoms. The lowest BCUT2D eigenvalue weighted by molar-refractivity contribution is 0.0215. The first kappa shape index (κ1) is 13.1. The second kappa shape index (κ2) is 7.34. The van der Waals surface area contributed by atoms with Crippen molar-refractivity contribution in [1.82, 2.24) is 9.97 Å². The van der Waals surface area contributed by atoms with E-state index in [9.17, 15) is 8.78 Å². The summed E-state index contributed by atoms with van der Waals surface area (Å²) in [7, 11) is 0. The monoisotopic (exact) mass is 249 g/mol. The van der Waals surface area contributed by atoms with E-state index in [1.54, 1.807) is 6.07 Å². The predicted molar refractivity (Wildman–Crippen MR) is 59.1 cm³/mol. The van der Waals surface area contributed by atoms with Gasteiger partial charge in [-0.05, 0) is 6.26 Å². The van der Waals surface area contributed by atoms with Crippen LogP contribution >= 0.6 is 11.8 Å². The summed E-state index contributed by atoms with van der Waals surface area (Å²) in [4.78, 5) is 7.99. The van der Waals surface area contributed by atoms with Crippen LogP contribution in [-0.2, 0) is 4.74 Å². The number of rotatable bonds is 7. The molecule has 0 aromatic carbocycles.